The number of aryl methyl sites for hydroxylation is 3. The van der Waals surface area contributed by atoms with Gasteiger partial charge in [0.05, 0.1) is 17.5 Å². The molecule has 0 spiro atoms. The first-order valence-electron chi connectivity index (χ1n) is 12.4. The molecule has 4 aromatic heterocycles. The first-order valence-corrected chi connectivity index (χ1v) is 12.4. The maximum atomic E-state index is 13.3. The first kappa shape index (κ1) is 24.1. The number of hydrogen-bond donors (Lipinski definition) is 2. The number of benzene rings is 2. The van der Waals surface area contributed by atoms with Crippen LogP contribution in [-0.2, 0) is 0 Å². The molecule has 0 bridgehead atoms. The van der Waals surface area contributed by atoms with Crippen LogP contribution in [0.25, 0.3) is 28.1 Å². The van der Waals surface area contributed by atoms with Crippen molar-refractivity contribution in [3.63, 3.8) is 0 Å². The number of carbonyl (C=O) groups is 1. The Morgan fingerprint density at radius 1 is 1.03 bits per heavy atom. The lowest BCUT2D eigenvalue weighted by molar-refractivity contribution is 0.102. The summed E-state index contributed by atoms with van der Waals surface area (Å²) in [4.78, 5) is 34.2. The molecule has 2 N–H and O–H groups in total. The van der Waals surface area contributed by atoms with Gasteiger partial charge in [-0.25, -0.2) is 9.97 Å². The van der Waals surface area contributed by atoms with Gasteiger partial charge in [-0.05, 0) is 80.4 Å². The van der Waals surface area contributed by atoms with Crippen LogP contribution in [0.2, 0.25) is 0 Å². The Kier molecular flexibility index (Phi) is 6.08. The molecule has 0 aliphatic rings. The molecular weight excluding hydrogens is 490 g/mol. The van der Waals surface area contributed by atoms with Crippen molar-refractivity contribution in [3.05, 3.63) is 108 Å². The second-order valence-corrected chi connectivity index (χ2v) is 9.35. The molecule has 6 rings (SSSR count). The van der Waals surface area contributed by atoms with Gasteiger partial charge in [-0.1, -0.05) is 6.07 Å². The predicted octanol–water partition coefficient (Wildman–Crippen LogP) is 6.18. The molecule has 0 fully saturated rings. The lowest BCUT2D eigenvalue weighted by Crippen LogP contribution is -2.12. The third kappa shape index (κ3) is 4.97. The van der Waals surface area contributed by atoms with Crippen LogP contribution in [0.4, 0.5) is 5.69 Å². The van der Waals surface area contributed by atoms with E-state index in [2.05, 4.69) is 30.2 Å². The van der Waals surface area contributed by atoms with E-state index < -0.39 is 0 Å². The average molecular weight is 516 g/mol. The van der Waals surface area contributed by atoms with Crippen molar-refractivity contribution in [2.45, 2.75) is 20.8 Å². The van der Waals surface area contributed by atoms with E-state index in [0.717, 1.165) is 28.1 Å². The Labute approximate surface area is 224 Å². The largest absolute Gasteiger partial charge is 0.437 e. The molecule has 0 radical (unpaired) electrons. The highest BCUT2D eigenvalue weighted by Gasteiger charge is 2.16. The second kappa shape index (κ2) is 9.86. The van der Waals surface area contributed by atoms with Crippen LogP contribution in [0.3, 0.4) is 0 Å². The monoisotopic (exact) mass is 515 g/mol. The van der Waals surface area contributed by atoms with Gasteiger partial charge in [-0.2, -0.15) is 4.98 Å². The summed E-state index contributed by atoms with van der Waals surface area (Å²) in [7, 11) is 0. The topological polar surface area (TPSA) is 111 Å². The zero-order valence-corrected chi connectivity index (χ0v) is 21.6. The maximum absolute atomic E-state index is 13.3. The number of rotatable bonds is 6. The zero-order chi connectivity index (χ0) is 26.9. The molecule has 0 aliphatic heterocycles. The van der Waals surface area contributed by atoms with Crippen LogP contribution in [0, 0.1) is 20.8 Å². The fourth-order valence-corrected chi connectivity index (χ4v) is 4.32. The van der Waals surface area contributed by atoms with Gasteiger partial charge in [0.1, 0.15) is 11.3 Å². The molecule has 6 aromatic rings. The minimum absolute atomic E-state index is 0.248. The van der Waals surface area contributed by atoms with Crippen molar-refractivity contribution in [1.82, 2.24) is 29.5 Å². The third-order valence-electron chi connectivity index (χ3n) is 6.28. The molecule has 0 saturated carbocycles. The van der Waals surface area contributed by atoms with E-state index in [4.69, 9.17) is 4.74 Å². The SMILES string of the molecule is Cc1cc(NC(=O)c2ccc(C)c(Oc3nc(-c4cccnc4)nc4cc[nH]c34)c2)cc(-n2cnc(C)c2)c1. The quantitative estimate of drug-likeness (QED) is 0.274. The lowest BCUT2D eigenvalue weighted by atomic mass is 10.1. The molecule has 9 heteroatoms. The van der Waals surface area contributed by atoms with E-state index in [-0.39, 0.29) is 5.91 Å². The van der Waals surface area contributed by atoms with Crippen LogP contribution in [0.15, 0.2) is 85.7 Å². The van der Waals surface area contributed by atoms with E-state index >= 15 is 0 Å². The van der Waals surface area contributed by atoms with Crippen molar-refractivity contribution in [2.24, 2.45) is 0 Å². The molecular formula is C30H25N7O2. The fourth-order valence-electron chi connectivity index (χ4n) is 4.32. The van der Waals surface area contributed by atoms with Crippen LogP contribution < -0.4 is 10.1 Å². The minimum Gasteiger partial charge on any atom is -0.437 e. The molecule has 2 aromatic carbocycles. The third-order valence-corrected chi connectivity index (χ3v) is 6.28. The minimum atomic E-state index is -0.248. The highest BCUT2D eigenvalue weighted by Crippen LogP contribution is 2.31. The molecule has 0 aliphatic carbocycles. The number of imidazole rings is 1. The van der Waals surface area contributed by atoms with Gasteiger partial charge in [0.15, 0.2) is 5.82 Å². The van der Waals surface area contributed by atoms with Gasteiger partial charge in [0.25, 0.3) is 5.91 Å². The molecule has 9 nitrogen and oxygen atoms in total. The number of fused-ring (bicyclic) bond motifs is 1. The number of amides is 1. The highest BCUT2D eigenvalue weighted by molar-refractivity contribution is 6.04. The van der Waals surface area contributed by atoms with Crippen LogP contribution in [0.5, 0.6) is 11.6 Å². The van der Waals surface area contributed by atoms with Crippen LogP contribution >= 0.6 is 0 Å². The number of nitrogens with one attached hydrogen (secondary N) is 2. The summed E-state index contributed by atoms with van der Waals surface area (Å²) in [5.74, 6) is 1.14. The summed E-state index contributed by atoms with van der Waals surface area (Å²) >= 11 is 0. The fraction of sp³-hybridized carbons (Fsp3) is 0.100. The summed E-state index contributed by atoms with van der Waals surface area (Å²) in [5.41, 5.74) is 7.03. The number of ether oxygens (including phenoxy) is 1. The standard InChI is InChI=1S/C30H25N7O2/c1-18-11-23(14-24(12-18)37-16-20(3)33-17-37)34-29(38)21-7-6-19(2)26(13-21)39-30-27-25(8-10-32-27)35-28(36-30)22-5-4-9-31-15-22/h4-17,32H,1-3H3,(H,34,38). The van der Waals surface area contributed by atoms with E-state index in [1.165, 1.54) is 0 Å². The summed E-state index contributed by atoms with van der Waals surface area (Å²) in [6.45, 7) is 5.85. The summed E-state index contributed by atoms with van der Waals surface area (Å²) in [6, 6.07) is 16.8. The molecule has 0 atom stereocenters. The van der Waals surface area contributed by atoms with Crippen molar-refractivity contribution < 1.29 is 9.53 Å². The maximum Gasteiger partial charge on any atom is 0.255 e. The molecule has 192 valence electrons. The Morgan fingerprint density at radius 2 is 1.92 bits per heavy atom. The number of aromatic nitrogens is 6. The van der Waals surface area contributed by atoms with Gasteiger partial charge >= 0.3 is 0 Å². The Bertz CT molecular complexity index is 1820. The molecule has 0 unspecified atom stereocenters. The lowest BCUT2D eigenvalue weighted by Gasteiger charge is -2.13. The molecule has 4 heterocycles. The van der Waals surface area contributed by atoms with Gasteiger partial charge in [-0.3, -0.25) is 9.78 Å². The number of hydrogen-bond acceptors (Lipinski definition) is 6. The van der Waals surface area contributed by atoms with Crippen molar-refractivity contribution in [3.8, 4) is 28.7 Å². The Hall–Kier alpha value is -5.31. The van der Waals surface area contributed by atoms with E-state index in [1.807, 2.05) is 74.0 Å². The summed E-state index contributed by atoms with van der Waals surface area (Å²) < 4.78 is 8.22. The zero-order valence-electron chi connectivity index (χ0n) is 21.6. The van der Waals surface area contributed by atoms with E-state index in [9.17, 15) is 4.79 Å². The van der Waals surface area contributed by atoms with Crippen LogP contribution in [0.1, 0.15) is 27.2 Å². The van der Waals surface area contributed by atoms with Crippen LogP contribution in [-0.4, -0.2) is 35.4 Å². The number of pyridine rings is 1. The van der Waals surface area contributed by atoms with Crippen molar-refractivity contribution in [2.75, 3.05) is 5.32 Å². The predicted molar refractivity (Wildman–Crippen MR) is 149 cm³/mol. The number of aromatic amines is 1. The summed E-state index contributed by atoms with van der Waals surface area (Å²) in [5, 5.41) is 3.02. The van der Waals surface area contributed by atoms with E-state index in [0.29, 0.717) is 39.7 Å². The highest BCUT2D eigenvalue weighted by atomic mass is 16.5. The number of H-pyrrole nitrogens is 1. The van der Waals surface area contributed by atoms with Gasteiger partial charge in [0.2, 0.25) is 5.88 Å². The Balaban J connectivity index is 1.29. The first-order chi connectivity index (χ1) is 18.9. The smallest absolute Gasteiger partial charge is 0.255 e. The molecule has 1 amide bonds. The van der Waals surface area contributed by atoms with Crippen molar-refractivity contribution in [1.29, 1.82) is 0 Å². The number of anilines is 1. The summed E-state index contributed by atoms with van der Waals surface area (Å²) in [6.07, 6.45) is 8.90. The average Bonchev–Trinajstić information content (AvgIpc) is 3.59. The van der Waals surface area contributed by atoms with Crippen molar-refractivity contribution >= 4 is 22.6 Å². The molecule has 0 saturated heterocycles. The normalized spacial score (nSPS) is 11.1. The molecule has 39 heavy (non-hydrogen) atoms. The Morgan fingerprint density at radius 3 is 2.72 bits per heavy atom. The second-order valence-electron chi connectivity index (χ2n) is 9.35. The van der Waals surface area contributed by atoms with E-state index in [1.54, 1.807) is 37.1 Å². The van der Waals surface area contributed by atoms with Gasteiger partial charge < -0.3 is 19.6 Å². The van der Waals surface area contributed by atoms with Gasteiger partial charge in [0, 0.05) is 47.3 Å². The number of carbonyl (C=O) groups excluding carboxylic acids is 1. The number of nitrogens with zero attached hydrogens (tertiary/aromatic N) is 5. The van der Waals surface area contributed by atoms with Gasteiger partial charge in [-0.15, -0.1) is 0 Å².